The van der Waals surface area contributed by atoms with E-state index >= 15 is 0 Å². The first-order valence-electron chi connectivity index (χ1n) is 6.72. The highest BCUT2D eigenvalue weighted by Crippen LogP contribution is 2.30. The monoisotopic (exact) mass is 294 g/mol. The highest BCUT2D eigenvalue weighted by Gasteiger charge is 2.30. The third-order valence-electron chi connectivity index (χ3n) is 3.52. The molecule has 0 aliphatic carbocycles. The summed E-state index contributed by atoms with van der Waals surface area (Å²) >= 11 is 0. The molecule has 6 nitrogen and oxygen atoms in total. The summed E-state index contributed by atoms with van der Waals surface area (Å²) in [5.41, 5.74) is 0.00194. The van der Waals surface area contributed by atoms with E-state index in [0.717, 1.165) is 0 Å². The lowest BCUT2D eigenvalue weighted by molar-refractivity contribution is 0.0646. The van der Waals surface area contributed by atoms with E-state index < -0.39 is 23.5 Å². The molecule has 0 aromatic heterocycles. The van der Waals surface area contributed by atoms with Gasteiger partial charge in [0.2, 0.25) is 0 Å². The van der Waals surface area contributed by atoms with Crippen LogP contribution in [0.5, 0.6) is 0 Å². The average molecular weight is 294 g/mol. The molecule has 0 radical (unpaired) electrons. The van der Waals surface area contributed by atoms with Crippen LogP contribution >= 0.6 is 0 Å². The van der Waals surface area contributed by atoms with E-state index in [4.69, 9.17) is 0 Å². The standard InChI is InChI=1S/C15H18O6/c1-4-7-8(5-2)11(14(18)19)12(15(20)21)9(6-3)10(7)13(16)17/h4-6H2,1-3H3,(H,16,17)(H,18,19)(H,20,21). The molecule has 0 aliphatic heterocycles. The van der Waals surface area contributed by atoms with Crippen molar-refractivity contribution in [2.75, 3.05) is 0 Å². The normalized spacial score (nSPS) is 10.4. The van der Waals surface area contributed by atoms with Gasteiger partial charge in [0.05, 0.1) is 16.7 Å². The van der Waals surface area contributed by atoms with E-state index in [1.807, 2.05) is 0 Å². The van der Waals surface area contributed by atoms with E-state index in [0.29, 0.717) is 12.0 Å². The highest BCUT2D eigenvalue weighted by molar-refractivity contribution is 6.07. The Balaban J connectivity index is 4.11. The van der Waals surface area contributed by atoms with Gasteiger partial charge in [-0.05, 0) is 36.0 Å². The number of carboxylic acids is 3. The largest absolute Gasteiger partial charge is 0.478 e. The zero-order valence-corrected chi connectivity index (χ0v) is 12.2. The molecule has 0 saturated heterocycles. The van der Waals surface area contributed by atoms with E-state index in [-0.39, 0.29) is 35.1 Å². The third kappa shape index (κ3) is 2.74. The highest BCUT2D eigenvalue weighted by atomic mass is 16.4. The lowest BCUT2D eigenvalue weighted by atomic mass is 9.83. The fraction of sp³-hybridized carbons (Fsp3) is 0.400. The van der Waals surface area contributed by atoms with Crippen LogP contribution in [-0.2, 0) is 19.3 Å². The van der Waals surface area contributed by atoms with Gasteiger partial charge in [-0.15, -0.1) is 0 Å². The van der Waals surface area contributed by atoms with Crippen LogP contribution in [0.2, 0.25) is 0 Å². The molecule has 0 heterocycles. The van der Waals surface area contributed by atoms with E-state index in [1.165, 1.54) is 0 Å². The Morgan fingerprint density at radius 1 is 0.619 bits per heavy atom. The molecule has 0 bridgehead atoms. The topological polar surface area (TPSA) is 112 Å². The molecule has 0 aliphatic rings. The van der Waals surface area contributed by atoms with Crippen LogP contribution in [0.1, 0.15) is 68.5 Å². The Hall–Kier alpha value is -2.37. The van der Waals surface area contributed by atoms with Crippen LogP contribution in [-0.4, -0.2) is 33.2 Å². The Morgan fingerprint density at radius 2 is 0.905 bits per heavy atom. The molecule has 6 heteroatoms. The molecule has 0 amide bonds. The lowest BCUT2D eigenvalue weighted by Gasteiger charge is -2.20. The molecule has 0 unspecified atom stereocenters. The molecule has 1 rings (SSSR count). The van der Waals surface area contributed by atoms with Crippen LogP contribution in [0.3, 0.4) is 0 Å². The van der Waals surface area contributed by atoms with Gasteiger partial charge in [-0.1, -0.05) is 20.8 Å². The Kier molecular flexibility index (Phi) is 5.07. The number of rotatable bonds is 6. The van der Waals surface area contributed by atoms with Gasteiger partial charge in [0.25, 0.3) is 0 Å². The molecule has 3 N–H and O–H groups in total. The summed E-state index contributed by atoms with van der Waals surface area (Å²) in [4.78, 5) is 34.5. The Labute approximate surface area is 122 Å². The molecular formula is C15H18O6. The second-order valence-electron chi connectivity index (χ2n) is 4.54. The molecule has 114 valence electrons. The van der Waals surface area contributed by atoms with Crippen molar-refractivity contribution >= 4 is 17.9 Å². The van der Waals surface area contributed by atoms with Gasteiger partial charge >= 0.3 is 17.9 Å². The molecule has 0 atom stereocenters. The molecule has 0 saturated carbocycles. The number of hydrogen-bond acceptors (Lipinski definition) is 3. The number of carboxylic acid groups (broad SMARTS) is 3. The first-order valence-corrected chi connectivity index (χ1v) is 6.72. The minimum Gasteiger partial charge on any atom is -0.478 e. The minimum absolute atomic E-state index is 0.0701. The summed E-state index contributed by atoms with van der Waals surface area (Å²) < 4.78 is 0. The Morgan fingerprint density at radius 3 is 1.19 bits per heavy atom. The maximum Gasteiger partial charge on any atom is 0.336 e. The number of benzene rings is 1. The summed E-state index contributed by atoms with van der Waals surface area (Å²) in [6.45, 7) is 5.03. The smallest absolute Gasteiger partial charge is 0.336 e. The quantitative estimate of drug-likeness (QED) is 0.743. The second-order valence-corrected chi connectivity index (χ2v) is 4.54. The van der Waals surface area contributed by atoms with Crippen molar-refractivity contribution in [3.63, 3.8) is 0 Å². The van der Waals surface area contributed by atoms with Crippen molar-refractivity contribution in [2.24, 2.45) is 0 Å². The summed E-state index contributed by atoms with van der Waals surface area (Å²) in [6.07, 6.45) is 0.730. The van der Waals surface area contributed by atoms with Crippen LogP contribution in [0.15, 0.2) is 0 Å². The zero-order chi connectivity index (χ0) is 16.3. The van der Waals surface area contributed by atoms with Crippen LogP contribution in [0.25, 0.3) is 0 Å². The van der Waals surface area contributed by atoms with Gasteiger partial charge in [0, 0.05) is 0 Å². The van der Waals surface area contributed by atoms with Gasteiger partial charge in [-0.25, -0.2) is 14.4 Å². The number of hydrogen-bond donors (Lipinski definition) is 3. The molecule has 0 fully saturated rings. The Bertz CT molecular complexity index is 615. The maximum absolute atomic E-state index is 11.5. The third-order valence-corrected chi connectivity index (χ3v) is 3.52. The predicted molar refractivity (Wildman–Crippen MR) is 75.5 cm³/mol. The van der Waals surface area contributed by atoms with Crippen molar-refractivity contribution in [3.05, 3.63) is 33.4 Å². The molecule has 21 heavy (non-hydrogen) atoms. The SMILES string of the molecule is CCc1c(CC)c(C(=O)O)c(C(=O)O)c(CC)c1C(=O)O. The van der Waals surface area contributed by atoms with E-state index in [9.17, 15) is 29.7 Å². The fourth-order valence-electron chi connectivity index (χ4n) is 2.77. The van der Waals surface area contributed by atoms with Gasteiger partial charge in [0.1, 0.15) is 0 Å². The van der Waals surface area contributed by atoms with Crippen LogP contribution in [0.4, 0.5) is 0 Å². The van der Waals surface area contributed by atoms with E-state index in [2.05, 4.69) is 0 Å². The minimum atomic E-state index is -1.41. The van der Waals surface area contributed by atoms with Gasteiger partial charge in [-0.2, -0.15) is 0 Å². The number of carbonyl (C=O) groups is 3. The average Bonchev–Trinajstić information content (AvgIpc) is 2.42. The van der Waals surface area contributed by atoms with Crippen LogP contribution < -0.4 is 0 Å². The summed E-state index contributed by atoms with van der Waals surface area (Å²) in [5, 5.41) is 28.2. The zero-order valence-electron chi connectivity index (χ0n) is 12.2. The summed E-state index contributed by atoms with van der Waals surface area (Å²) in [6, 6.07) is 0. The molecule has 1 aromatic rings. The first-order chi connectivity index (χ1) is 9.81. The van der Waals surface area contributed by atoms with Gasteiger partial charge < -0.3 is 15.3 Å². The first kappa shape index (κ1) is 16.7. The lowest BCUT2D eigenvalue weighted by Crippen LogP contribution is -2.21. The second kappa shape index (κ2) is 6.39. The molecule has 1 aromatic carbocycles. The van der Waals surface area contributed by atoms with Crippen molar-refractivity contribution in [3.8, 4) is 0 Å². The summed E-state index contributed by atoms with van der Waals surface area (Å²) in [7, 11) is 0. The van der Waals surface area contributed by atoms with E-state index in [1.54, 1.807) is 20.8 Å². The predicted octanol–water partition coefficient (Wildman–Crippen LogP) is 2.47. The van der Waals surface area contributed by atoms with Crippen molar-refractivity contribution in [1.82, 2.24) is 0 Å². The molecular weight excluding hydrogens is 276 g/mol. The van der Waals surface area contributed by atoms with Crippen molar-refractivity contribution in [2.45, 2.75) is 40.0 Å². The van der Waals surface area contributed by atoms with Crippen molar-refractivity contribution < 1.29 is 29.7 Å². The van der Waals surface area contributed by atoms with Crippen LogP contribution in [0, 0.1) is 0 Å². The van der Waals surface area contributed by atoms with Gasteiger partial charge in [0.15, 0.2) is 0 Å². The molecule has 0 spiro atoms. The number of aromatic carboxylic acids is 3. The fourth-order valence-corrected chi connectivity index (χ4v) is 2.77. The van der Waals surface area contributed by atoms with Crippen molar-refractivity contribution in [1.29, 1.82) is 0 Å². The summed E-state index contributed by atoms with van der Waals surface area (Å²) in [5.74, 6) is -3.98. The van der Waals surface area contributed by atoms with Gasteiger partial charge in [-0.3, -0.25) is 0 Å². The maximum atomic E-state index is 11.5.